The van der Waals surface area contributed by atoms with Crippen molar-refractivity contribution >= 4 is 89.2 Å². The van der Waals surface area contributed by atoms with Crippen LogP contribution in [0.2, 0.25) is 0 Å². The molecule has 0 fully saturated rings. The van der Waals surface area contributed by atoms with Gasteiger partial charge in [-0.05, 0) is 78.5 Å². The van der Waals surface area contributed by atoms with E-state index in [1.165, 1.54) is 0 Å². The number of benzene rings is 10. The molecule has 0 radical (unpaired) electrons. The van der Waals surface area contributed by atoms with Crippen LogP contribution in [0.25, 0.3) is 54.2 Å². The van der Waals surface area contributed by atoms with Crippen molar-refractivity contribution in [3.05, 3.63) is 218 Å². The summed E-state index contributed by atoms with van der Waals surface area (Å²) in [6, 6.07) is 73.9. The maximum Gasteiger partial charge on any atom is 0.171 e. The van der Waals surface area contributed by atoms with Crippen molar-refractivity contribution in [1.29, 1.82) is 0 Å². The molecule has 0 saturated heterocycles. The first-order valence-corrected chi connectivity index (χ1v) is 22.3. The van der Waals surface area contributed by atoms with Crippen LogP contribution in [0.5, 0.6) is 0 Å². The zero-order chi connectivity index (χ0) is 37.7. The quantitative estimate of drug-likeness (QED) is 0.152. The summed E-state index contributed by atoms with van der Waals surface area (Å²) in [4.78, 5) is 0. The lowest BCUT2D eigenvalue weighted by atomic mass is 10.1. The lowest BCUT2D eigenvalue weighted by Crippen LogP contribution is -2.25. The highest BCUT2D eigenvalue weighted by molar-refractivity contribution is 7.85. The summed E-state index contributed by atoms with van der Waals surface area (Å²) in [5.41, 5.74) is 1.99. The predicted molar refractivity (Wildman–Crippen MR) is 241 cm³/mol. The fraction of sp³-hybridized carbons (Fsp3) is 0. The standard InChI is InChI=1S/C52H36O2P2/c53-55(49-29-21-37-9-1-5-13-43(37)33-49,50-30-22-38-10-2-6-14-44(38)34-50)47-25-17-41(18-26-47)42-19-27-48(28-20-42)56(54,51-31-23-39-11-3-7-15-45(39)35-51)52-32-24-40-12-4-8-16-46(40)36-52/h1-36H. The van der Waals surface area contributed by atoms with Gasteiger partial charge in [0.2, 0.25) is 0 Å². The Morgan fingerprint density at radius 1 is 0.214 bits per heavy atom. The fourth-order valence-corrected chi connectivity index (χ4v) is 13.5. The van der Waals surface area contributed by atoms with E-state index in [9.17, 15) is 0 Å². The molecule has 2 nitrogen and oxygen atoms in total. The SMILES string of the molecule is O=P(c1ccc(-c2ccc(P(=O)(c3ccc4ccccc4c3)c3ccc4ccccc4c3)cc2)cc1)(c1ccc2ccccc2c1)c1ccc2ccccc2c1. The highest BCUT2D eigenvalue weighted by Gasteiger charge is 2.32. The maximum atomic E-state index is 15.7. The summed E-state index contributed by atoms with van der Waals surface area (Å²) >= 11 is 0. The number of hydrogen-bond donors (Lipinski definition) is 0. The van der Waals surface area contributed by atoms with Gasteiger partial charge in [0, 0.05) is 31.8 Å². The molecule has 56 heavy (non-hydrogen) atoms. The molecule has 4 heteroatoms. The van der Waals surface area contributed by atoms with Crippen LogP contribution in [0.3, 0.4) is 0 Å². The number of hydrogen-bond acceptors (Lipinski definition) is 2. The van der Waals surface area contributed by atoms with Gasteiger partial charge in [0.15, 0.2) is 14.3 Å². The molecule has 0 aliphatic rings. The summed E-state index contributed by atoms with van der Waals surface area (Å²) < 4.78 is 31.4. The Balaban J connectivity index is 1.05. The molecule has 0 aliphatic carbocycles. The van der Waals surface area contributed by atoms with Crippen LogP contribution in [0, 0.1) is 0 Å². The summed E-state index contributed by atoms with van der Waals surface area (Å²) in [5, 5.41) is 13.5. The average molecular weight is 755 g/mol. The molecule has 0 amide bonds. The number of fused-ring (bicyclic) bond motifs is 4. The molecule has 0 aliphatic heterocycles. The summed E-state index contributed by atoms with van der Waals surface area (Å²) in [5.74, 6) is 0. The van der Waals surface area contributed by atoms with Crippen molar-refractivity contribution in [3.63, 3.8) is 0 Å². The van der Waals surface area contributed by atoms with Crippen molar-refractivity contribution in [2.45, 2.75) is 0 Å². The van der Waals surface area contributed by atoms with E-state index in [1.54, 1.807) is 0 Å². The lowest BCUT2D eigenvalue weighted by Gasteiger charge is -2.22. The van der Waals surface area contributed by atoms with Crippen molar-refractivity contribution in [3.8, 4) is 11.1 Å². The third kappa shape index (κ3) is 5.82. The molecule has 0 saturated carbocycles. The van der Waals surface area contributed by atoms with E-state index < -0.39 is 14.3 Å². The molecular weight excluding hydrogens is 719 g/mol. The summed E-state index contributed by atoms with van der Waals surface area (Å²) in [7, 11) is -6.53. The number of rotatable bonds is 7. The Morgan fingerprint density at radius 3 is 0.679 bits per heavy atom. The molecule has 0 bridgehead atoms. The first kappa shape index (κ1) is 34.2. The molecule has 0 unspecified atom stereocenters. The Morgan fingerprint density at radius 2 is 0.429 bits per heavy atom. The summed E-state index contributed by atoms with van der Waals surface area (Å²) in [6.45, 7) is 0. The van der Waals surface area contributed by atoms with Gasteiger partial charge >= 0.3 is 0 Å². The van der Waals surface area contributed by atoms with Gasteiger partial charge in [-0.15, -0.1) is 0 Å². The Kier molecular flexibility index (Phi) is 8.41. The van der Waals surface area contributed by atoms with Crippen LogP contribution in [0.15, 0.2) is 218 Å². The van der Waals surface area contributed by atoms with Crippen LogP contribution < -0.4 is 31.8 Å². The predicted octanol–water partition coefficient (Wildman–Crippen LogP) is 11.2. The molecule has 0 spiro atoms. The minimum atomic E-state index is -3.27. The topological polar surface area (TPSA) is 34.1 Å². The van der Waals surface area contributed by atoms with E-state index in [-0.39, 0.29) is 0 Å². The Bertz CT molecular complexity index is 2820. The molecule has 0 N–H and O–H groups in total. The van der Waals surface area contributed by atoms with Gasteiger partial charge in [-0.3, -0.25) is 0 Å². The lowest BCUT2D eigenvalue weighted by molar-refractivity contribution is 0.591. The van der Waals surface area contributed by atoms with Gasteiger partial charge in [0.1, 0.15) is 0 Å². The first-order valence-electron chi connectivity index (χ1n) is 18.9. The zero-order valence-corrected chi connectivity index (χ0v) is 32.3. The monoisotopic (exact) mass is 754 g/mol. The first-order chi connectivity index (χ1) is 27.5. The van der Waals surface area contributed by atoms with Crippen LogP contribution in [-0.2, 0) is 9.13 Å². The normalized spacial score (nSPS) is 12.1. The molecule has 10 rings (SSSR count). The maximum absolute atomic E-state index is 15.7. The highest BCUT2D eigenvalue weighted by atomic mass is 31.2. The smallest absolute Gasteiger partial charge is 0.171 e. The van der Waals surface area contributed by atoms with E-state index in [0.717, 1.165) is 86.0 Å². The minimum Gasteiger partial charge on any atom is -0.309 e. The van der Waals surface area contributed by atoms with E-state index in [4.69, 9.17) is 0 Å². The van der Waals surface area contributed by atoms with Gasteiger partial charge in [0.05, 0.1) is 0 Å². The second-order valence-electron chi connectivity index (χ2n) is 14.4. The second-order valence-corrected chi connectivity index (χ2v) is 20.0. The highest BCUT2D eigenvalue weighted by Crippen LogP contribution is 2.46. The third-order valence-corrected chi connectivity index (χ3v) is 17.3. The zero-order valence-electron chi connectivity index (χ0n) is 30.5. The molecule has 10 aromatic rings. The van der Waals surface area contributed by atoms with Gasteiger partial charge in [-0.2, -0.15) is 0 Å². The van der Waals surface area contributed by atoms with Crippen molar-refractivity contribution in [2.24, 2.45) is 0 Å². The van der Waals surface area contributed by atoms with E-state index >= 15 is 9.13 Å². The molecule has 10 aromatic carbocycles. The second kappa shape index (κ2) is 13.8. The average Bonchev–Trinajstić information content (AvgIpc) is 3.28. The summed E-state index contributed by atoms with van der Waals surface area (Å²) in [6.07, 6.45) is 0. The van der Waals surface area contributed by atoms with Gasteiger partial charge in [-0.25, -0.2) is 0 Å². The minimum absolute atomic E-state index is 0.778. The van der Waals surface area contributed by atoms with Crippen LogP contribution in [0.1, 0.15) is 0 Å². The van der Waals surface area contributed by atoms with E-state index in [1.807, 2.05) is 97.1 Å². The largest absolute Gasteiger partial charge is 0.309 e. The molecule has 0 heterocycles. The van der Waals surface area contributed by atoms with Gasteiger partial charge in [0.25, 0.3) is 0 Å². The molecule has 0 atom stereocenters. The van der Waals surface area contributed by atoms with Crippen molar-refractivity contribution in [1.82, 2.24) is 0 Å². The van der Waals surface area contributed by atoms with Crippen LogP contribution in [0.4, 0.5) is 0 Å². The Hall–Kier alpha value is -6.30. The molecular formula is C52H36O2P2. The van der Waals surface area contributed by atoms with Gasteiger partial charge < -0.3 is 9.13 Å². The Labute approximate surface area is 326 Å². The van der Waals surface area contributed by atoms with Crippen LogP contribution >= 0.6 is 14.3 Å². The third-order valence-electron chi connectivity index (χ3n) is 11.2. The van der Waals surface area contributed by atoms with E-state index in [0.29, 0.717) is 0 Å². The molecule has 266 valence electrons. The molecule has 0 aromatic heterocycles. The van der Waals surface area contributed by atoms with Gasteiger partial charge in [-0.1, -0.05) is 194 Å². The van der Waals surface area contributed by atoms with Crippen molar-refractivity contribution < 1.29 is 9.13 Å². The van der Waals surface area contributed by atoms with Crippen LogP contribution in [-0.4, -0.2) is 0 Å². The van der Waals surface area contributed by atoms with E-state index in [2.05, 4.69) is 121 Å². The fourth-order valence-electron chi connectivity index (χ4n) is 8.11. The van der Waals surface area contributed by atoms with Crippen molar-refractivity contribution in [2.75, 3.05) is 0 Å².